The Morgan fingerprint density at radius 1 is 1.23 bits per heavy atom. The van der Waals surface area contributed by atoms with Gasteiger partial charge in [-0.3, -0.25) is 4.79 Å². The predicted molar refractivity (Wildman–Crippen MR) is 123 cm³/mol. The number of thioether (sulfide) groups is 1. The Bertz CT molecular complexity index is 1270. The highest BCUT2D eigenvalue weighted by molar-refractivity contribution is 8.00. The van der Waals surface area contributed by atoms with E-state index in [-0.39, 0.29) is 29.1 Å². The number of aryl methyl sites for hydroxylation is 4. The van der Waals surface area contributed by atoms with Gasteiger partial charge in [-0.2, -0.15) is 0 Å². The second-order valence-corrected chi connectivity index (χ2v) is 12.4. The van der Waals surface area contributed by atoms with Crippen LogP contribution < -0.4 is 0 Å². The van der Waals surface area contributed by atoms with Crippen LogP contribution in [0, 0.1) is 34.6 Å². The molecule has 0 radical (unpaired) electrons. The average molecular weight is 464 g/mol. The second kappa shape index (κ2) is 7.76. The number of sulfone groups is 1. The Morgan fingerprint density at radius 2 is 1.97 bits per heavy atom. The highest BCUT2D eigenvalue weighted by Crippen LogP contribution is 2.36. The zero-order valence-electron chi connectivity index (χ0n) is 17.8. The van der Waals surface area contributed by atoms with Gasteiger partial charge in [-0.25, -0.2) is 18.4 Å². The minimum Gasteiger partial charge on any atom is -0.344 e. The van der Waals surface area contributed by atoms with E-state index in [1.165, 1.54) is 22.2 Å². The third kappa shape index (κ3) is 3.83. The molecular formula is C21H25N3O3S3. The van der Waals surface area contributed by atoms with Crippen molar-refractivity contribution in [3.8, 4) is 0 Å². The van der Waals surface area contributed by atoms with Crippen LogP contribution in [0.5, 0.6) is 0 Å². The van der Waals surface area contributed by atoms with Crippen molar-refractivity contribution >= 4 is 48.9 Å². The number of fused-ring (bicyclic) bond motifs is 1. The van der Waals surface area contributed by atoms with Gasteiger partial charge in [0.2, 0.25) is 0 Å². The van der Waals surface area contributed by atoms with Crippen LogP contribution in [0.25, 0.3) is 10.2 Å². The maximum absolute atomic E-state index is 13.1. The molecule has 0 spiro atoms. The lowest BCUT2D eigenvalue weighted by molar-refractivity contribution is 0.102. The summed E-state index contributed by atoms with van der Waals surface area (Å²) in [7, 11) is -2.98. The minimum absolute atomic E-state index is 0.0363. The fourth-order valence-corrected chi connectivity index (χ4v) is 8.08. The number of hydrogen-bond donors (Lipinski definition) is 0. The Hall–Kier alpha value is -1.71. The Morgan fingerprint density at radius 3 is 2.63 bits per heavy atom. The van der Waals surface area contributed by atoms with E-state index in [4.69, 9.17) is 0 Å². The number of aromatic nitrogens is 3. The van der Waals surface area contributed by atoms with E-state index >= 15 is 0 Å². The maximum Gasteiger partial charge on any atom is 0.174 e. The third-order valence-electron chi connectivity index (χ3n) is 5.81. The molecule has 1 fully saturated rings. The molecule has 1 unspecified atom stereocenters. The molecule has 0 aliphatic carbocycles. The number of ketones is 1. The zero-order valence-corrected chi connectivity index (χ0v) is 20.2. The van der Waals surface area contributed by atoms with Crippen molar-refractivity contribution in [1.82, 2.24) is 14.5 Å². The highest BCUT2D eigenvalue weighted by atomic mass is 32.2. The summed E-state index contributed by atoms with van der Waals surface area (Å²) in [5.74, 6) is 1.40. The SMILES string of the molecule is Cc1nc(SCC(=O)c2cc(C)n(C3CCS(=O)(=O)C3)c2C)c2c(C)c(C)sc2n1. The fourth-order valence-electron chi connectivity index (χ4n) is 4.23. The van der Waals surface area contributed by atoms with Gasteiger partial charge in [0.05, 0.1) is 17.3 Å². The van der Waals surface area contributed by atoms with E-state index in [0.29, 0.717) is 17.8 Å². The van der Waals surface area contributed by atoms with Crippen LogP contribution in [-0.2, 0) is 9.84 Å². The number of nitrogens with zero attached hydrogens (tertiary/aromatic N) is 3. The molecule has 1 atom stereocenters. The molecular weight excluding hydrogens is 438 g/mol. The van der Waals surface area contributed by atoms with Crippen molar-refractivity contribution < 1.29 is 13.2 Å². The average Bonchev–Trinajstić information content (AvgIpc) is 3.26. The summed E-state index contributed by atoms with van der Waals surface area (Å²) in [6, 6.07) is 1.81. The number of thiophene rings is 1. The minimum atomic E-state index is -2.98. The van der Waals surface area contributed by atoms with Crippen molar-refractivity contribution in [3.63, 3.8) is 0 Å². The number of Topliss-reactive ketones (excluding diaryl/α,β-unsaturated/α-hetero) is 1. The van der Waals surface area contributed by atoms with Gasteiger partial charge >= 0.3 is 0 Å². The van der Waals surface area contributed by atoms with Gasteiger partial charge in [0.1, 0.15) is 15.7 Å². The van der Waals surface area contributed by atoms with Crippen molar-refractivity contribution in [2.24, 2.45) is 0 Å². The fraction of sp³-hybridized carbons (Fsp3) is 0.476. The van der Waals surface area contributed by atoms with Crippen LogP contribution in [0.1, 0.15) is 50.5 Å². The zero-order chi connectivity index (χ0) is 21.8. The monoisotopic (exact) mass is 463 g/mol. The molecule has 30 heavy (non-hydrogen) atoms. The van der Waals surface area contributed by atoms with Gasteiger partial charge in [0.15, 0.2) is 15.6 Å². The van der Waals surface area contributed by atoms with Gasteiger partial charge in [0, 0.05) is 33.3 Å². The molecule has 1 saturated heterocycles. The molecule has 0 amide bonds. The first-order chi connectivity index (χ1) is 14.1. The summed E-state index contributed by atoms with van der Waals surface area (Å²) in [6.07, 6.45) is 0.607. The van der Waals surface area contributed by atoms with Crippen molar-refractivity contribution in [2.75, 3.05) is 17.3 Å². The van der Waals surface area contributed by atoms with Crippen molar-refractivity contribution in [1.29, 1.82) is 0 Å². The third-order valence-corrected chi connectivity index (χ3v) is 9.63. The second-order valence-electron chi connectivity index (χ2n) is 7.96. The predicted octanol–water partition coefficient (Wildman–Crippen LogP) is 4.37. The summed E-state index contributed by atoms with van der Waals surface area (Å²) in [5.41, 5.74) is 3.63. The van der Waals surface area contributed by atoms with Gasteiger partial charge in [0.25, 0.3) is 0 Å². The molecule has 160 valence electrons. The Labute approximate surface area is 185 Å². The van der Waals surface area contributed by atoms with E-state index in [9.17, 15) is 13.2 Å². The molecule has 9 heteroatoms. The van der Waals surface area contributed by atoms with Crippen LogP contribution in [0.15, 0.2) is 11.1 Å². The van der Waals surface area contributed by atoms with Crippen LogP contribution in [0.2, 0.25) is 0 Å². The van der Waals surface area contributed by atoms with E-state index in [0.717, 1.165) is 26.6 Å². The van der Waals surface area contributed by atoms with E-state index in [1.54, 1.807) is 11.3 Å². The normalized spacial score (nSPS) is 18.4. The molecule has 0 aromatic carbocycles. The molecule has 1 aliphatic rings. The van der Waals surface area contributed by atoms with Gasteiger partial charge in [-0.1, -0.05) is 11.8 Å². The van der Waals surface area contributed by atoms with Crippen LogP contribution in [0.4, 0.5) is 0 Å². The van der Waals surface area contributed by atoms with Gasteiger partial charge in [-0.15, -0.1) is 11.3 Å². The number of carbonyl (C=O) groups is 1. The Kier molecular flexibility index (Phi) is 5.57. The van der Waals surface area contributed by atoms with Crippen LogP contribution >= 0.6 is 23.1 Å². The summed E-state index contributed by atoms with van der Waals surface area (Å²) < 4.78 is 25.8. The number of carbonyl (C=O) groups excluding carboxylic acids is 1. The Balaban J connectivity index is 1.59. The number of hydrogen-bond acceptors (Lipinski definition) is 7. The molecule has 6 nitrogen and oxygen atoms in total. The smallest absolute Gasteiger partial charge is 0.174 e. The molecule has 0 N–H and O–H groups in total. The molecule has 1 aliphatic heterocycles. The summed E-state index contributed by atoms with van der Waals surface area (Å²) in [4.78, 5) is 24.4. The molecule has 4 heterocycles. The standard InChI is InChI=1S/C21H25N3O3S3/c1-11-8-17(13(3)24(11)16-6-7-30(26,27)10-16)18(25)9-28-20-19-12(2)14(4)29-21(19)23-15(5)22-20/h8,16H,6-7,9-10H2,1-5H3. The van der Waals surface area contributed by atoms with Crippen LogP contribution in [0.3, 0.4) is 0 Å². The molecule has 4 rings (SSSR count). The lowest BCUT2D eigenvalue weighted by Gasteiger charge is -2.16. The van der Waals surface area contributed by atoms with Gasteiger partial charge < -0.3 is 4.57 Å². The quantitative estimate of drug-likeness (QED) is 0.317. The van der Waals surface area contributed by atoms with E-state index in [1.807, 2.05) is 31.4 Å². The molecule has 3 aromatic heterocycles. The number of rotatable bonds is 5. The van der Waals surface area contributed by atoms with Crippen molar-refractivity contribution in [2.45, 2.75) is 52.1 Å². The summed E-state index contributed by atoms with van der Waals surface area (Å²) >= 11 is 3.11. The lowest BCUT2D eigenvalue weighted by atomic mass is 10.2. The summed E-state index contributed by atoms with van der Waals surface area (Å²) in [5, 5.41) is 1.89. The largest absolute Gasteiger partial charge is 0.344 e. The van der Waals surface area contributed by atoms with Gasteiger partial charge in [-0.05, 0) is 52.7 Å². The topological polar surface area (TPSA) is 81.9 Å². The maximum atomic E-state index is 13.1. The molecule has 3 aromatic rings. The highest BCUT2D eigenvalue weighted by Gasteiger charge is 2.31. The lowest BCUT2D eigenvalue weighted by Crippen LogP contribution is -2.14. The molecule has 0 saturated carbocycles. The summed E-state index contributed by atoms with van der Waals surface area (Å²) in [6.45, 7) is 9.88. The van der Waals surface area contributed by atoms with E-state index in [2.05, 4.69) is 23.8 Å². The van der Waals surface area contributed by atoms with E-state index < -0.39 is 9.84 Å². The van der Waals surface area contributed by atoms with Crippen molar-refractivity contribution in [3.05, 3.63) is 39.3 Å². The van der Waals surface area contributed by atoms with Crippen LogP contribution in [-0.4, -0.2) is 46.0 Å². The first kappa shape index (κ1) is 21.5. The first-order valence-electron chi connectivity index (χ1n) is 9.86. The molecule has 0 bridgehead atoms. The first-order valence-corrected chi connectivity index (χ1v) is 13.5.